The van der Waals surface area contributed by atoms with E-state index >= 15 is 0 Å². The Bertz CT molecular complexity index is 616. The molecule has 1 unspecified atom stereocenters. The summed E-state index contributed by atoms with van der Waals surface area (Å²) in [5.74, 6) is -0.789. The van der Waals surface area contributed by atoms with Gasteiger partial charge >= 0.3 is 5.97 Å². The summed E-state index contributed by atoms with van der Waals surface area (Å²) in [7, 11) is 0. The van der Waals surface area contributed by atoms with Crippen molar-refractivity contribution >= 4 is 17.3 Å². The zero-order chi connectivity index (χ0) is 14.7. The van der Waals surface area contributed by atoms with Crippen LogP contribution in [0.2, 0.25) is 0 Å². The quantitative estimate of drug-likeness (QED) is 0.879. The van der Waals surface area contributed by atoms with Gasteiger partial charge in [0.15, 0.2) is 0 Å². The highest BCUT2D eigenvalue weighted by atomic mass is 32.1. The van der Waals surface area contributed by atoms with Crippen molar-refractivity contribution in [3.05, 3.63) is 35.5 Å². The van der Waals surface area contributed by atoms with E-state index < -0.39 is 12.0 Å². The highest BCUT2D eigenvalue weighted by molar-refractivity contribution is 7.13. The van der Waals surface area contributed by atoms with E-state index in [0.29, 0.717) is 19.6 Å². The second kappa shape index (κ2) is 6.30. The molecule has 6 nitrogen and oxygen atoms in total. The van der Waals surface area contributed by atoms with Gasteiger partial charge in [-0.25, -0.2) is 4.98 Å². The number of hydrogen-bond donors (Lipinski definition) is 2. The standard InChI is InChI=1S/C14H16N4O2S/c19-14(20)12-7-15-5-6-18(12)8-10-9-21-13(17-10)11-3-1-2-4-16-11/h1-4,9,12,15H,5-8H2,(H,19,20). The van der Waals surface area contributed by atoms with Crippen LogP contribution in [0.3, 0.4) is 0 Å². The van der Waals surface area contributed by atoms with E-state index in [2.05, 4.69) is 15.3 Å². The van der Waals surface area contributed by atoms with E-state index in [4.69, 9.17) is 0 Å². The molecule has 0 aliphatic carbocycles. The first kappa shape index (κ1) is 14.1. The van der Waals surface area contributed by atoms with Crippen LogP contribution in [-0.4, -0.2) is 51.6 Å². The van der Waals surface area contributed by atoms with E-state index in [1.807, 2.05) is 28.5 Å². The van der Waals surface area contributed by atoms with Crippen molar-refractivity contribution < 1.29 is 9.90 Å². The monoisotopic (exact) mass is 304 g/mol. The van der Waals surface area contributed by atoms with Gasteiger partial charge in [0.05, 0.1) is 11.4 Å². The molecule has 0 spiro atoms. The van der Waals surface area contributed by atoms with Crippen LogP contribution in [0.4, 0.5) is 0 Å². The van der Waals surface area contributed by atoms with Gasteiger partial charge in [-0.1, -0.05) is 6.07 Å². The fourth-order valence-electron chi connectivity index (χ4n) is 2.37. The van der Waals surface area contributed by atoms with Crippen molar-refractivity contribution in [1.82, 2.24) is 20.2 Å². The predicted octanol–water partition coefficient (Wildman–Crippen LogP) is 1.06. The Morgan fingerprint density at radius 2 is 2.43 bits per heavy atom. The number of carbonyl (C=O) groups is 1. The number of piperazine rings is 1. The SMILES string of the molecule is O=C(O)C1CNCCN1Cc1csc(-c2ccccn2)n1. The van der Waals surface area contributed by atoms with Gasteiger partial charge in [-0.15, -0.1) is 11.3 Å². The Morgan fingerprint density at radius 3 is 3.19 bits per heavy atom. The maximum absolute atomic E-state index is 11.3. The summed E-state index contributed by atoms with van der Waals surface area (Å²) in [6.45, 7) is 2.56. The molecular weight excluding hydrogens is 288 g/mol. The third-order valence-corrected chi connectivity index (χ3v) is 4.35. The number of carboxylic acids is 1. The molecular formula is C14H16N4O2S. The molecule has 2 aromatic heterocycles. The van der Waals surface area contributed by atoms with Gasteiger partial charge in [0, 0.05) is 37.8 Å². The third-order valence-electron chi connectivity index (χ3n) is 3.44. The summed E-state index contributed by atoms with van der Waals surface area (Å²) >= 11 is 1.54. The number of nitrogens with one attached hydrogen (secondary N) is 1. The van der Waals surface area contributed by atoms with Crippen molar-refractivity contribution in [3.8, 4) is 10.7 Å². The normalized spacial score (nSPS) is 19.5. The van der Waals surface area contributed by atoms with Gasteiger partial charge in [0.2, 0.25) is 0 Å². The topological polar surface area (TPSA) is 78.4 Å². The van der Waals surface area contributed by atoms with Crippen molar-refractivity contribution in [1.29, 1.82) is 0 Å². The smallest absolute Gasteiger partial charge is 0.322 e. The second-order valence-corrected chi connectivity index (χ2v) is 5.75. The highest BCUT2D eigenvalue weighted by Crippen LogP contribution is 2.22. The summed E-state index contributed by atoms with van der Waals surface area (Å²) in [6.07, 6.45) is 1.74. The Morgan fingerprint density at radius 1 is 1.52 bits per heavy atom. The van der Waals surface area contributed by atoms with E-state index in [-0.39, 0.29) is 0 Å². The Hall–Kier alpha value is -1.83. The number of aliphatic carboxylic acids is 1. The third kappa shape index (κ3) is 3.26. The number of pyridine rings is 1. The fraction of sp³-hybridized carbons (Fsp3) is 0.357. The molecule has 110 valence electrons. The van der Waals surface area contributed by atoms with Crippen molar-refractivity contribution in [2.24, 2.45) is 0 Å². The molecule has 3 heterocycles. The summed E-state index contributed by atoms with van der Waals surface area (Å²) in [5.41, 5.74) is 1.75. The minimum absolute atomic E-state index is 0.479. The van der Waals surface area contributed by atoms with Gasteiger partial charge in [0.25, 0.3) is 0 Å². The Balaban J connectivity index is 1.73. The van der Waals surface area contributed by atoms with Crippen LogP contribution < -0.4 is 5.32 Å². The molecule has 0 aromatic carbocycles. The lowest BCUT2D eigenvalue weighted by atomic mass is 10.2. The van der Waals surface area contributed by atoms with Crippen LogP contribution in [0, 0.1) is 0 Å². The lowest BCUT2D eigenvalue weighted by Crippen LogP contribution is -2.54. The average Bonchev–Trinajstić information content (AvgIpc) is 2.97. The van der Waals surface area contributed by atoms with E-state index in [1.165, 1.54) is 11.3 Å². The molecule has 0 radical (unpaired) electrons. The molecule has 1 atom stereocenters. The summed E-state index contributed by atoms with van der Waals surface area (Å²) in [6, 6.07) is 5.24. The first-order chi connectivity index (χ1) is 10.2. The van der Waals surface area contributed by atoms with E-state index in [1.54, 1.807) is 6.20 Å². The molecule has 21 heavy (non-hydrogen) atoms. The van der Waals surface area contributed by atoms with Crippen molar-refractivity contribution in [2.45, 2.75) is 12.6 Å². The minimum atomic E-state index is -0.789. The largest absolute Gasteiger partial charge is 0.480 e. The van der Waals surface area contributed by atoms with Gasteiger partial charge < -0.3 is 10.4 Å². The lowest BCUT2D eigenvalue weighted by molar-refractivity contribution is -0.144. The summed E-state index contributed by atoms with van der Waals surface area (Å²) in [4.78, 5) is 22.1. The van der Waals surface area contributed by atoms with Crippen LogP contribution >= 0.6 is 11.3 Å². The Kier molecular flexibility index (Phi) is 4.23. The van der Waals surface area contributed by atoms with Gasteiger partial charge in [0.1, 0.15) is 11.0 Å². The van der Waals surface area contributed by atoms with Gasteiger partial charge in [-0.05, 0) is 12.1 Å². The van der Waals surface area contributed by atoms with Crippen molar-refractivity contribution in [3.63, 3.8) is 0 Å². The summed E-state index contributed by atoms with van der Waals surface area (Å²) in [5, 5.41) is 15.2. The number of rotatable bonds is 4. The molecule has 0 bridgehead atoms. The van der Waals surface area contributed by atoms with E-state index in [9.17, 15) is 9.90 Å². The zero-order valence-electron chi connectivity index (χ0n) is 11.4. The Labute approximate surface area is 126 Å². The molecule has 0 saturated carbocycles. The van der Waals surface area contributed by atoms with E-state index in [0.717, 1.165) is 22.9 Å². The molecule has 3 rings (SSSR count). The first-order valence-corrected chi connectivity index (χ1v) is 7.65. The van der Waals surface area contributed by atoms with Crippen LogP contribution in [0.5, 0.6) is 0 Å². The number of nitrogens with zero attached hydrogens (tertiary/aromatic N) is 3. The van der Waals surface area contributed by atoms with Crippen LogP contribution in [-0.2, 0) is 11.3 Å². The molecule has 1 saturated heterocycles. The highest BCUT2D eigenvalue weighted by Gasteiger charge is 2.28. The first-order valence-electron chi connectivity index (χ1n) is 6.77. The summed E-state index contributed by atoms with van der Waals surface area (Å²) < 4.78 is 0. The van der Waals surface area contributed by atoms with Crippen LogP contribution in [0.1, 0.15) is 5.69 Å². The zero-order valence-corrected chi connectivity index (χ0v) is 12.2. The number of carboxylic acid groups (broad SMARTS) is 1. The number of hydrogen-bond acceptors (Lipinski definition) is 6. The maximum atomic E-state index is 11.3. The maximum Gasteiger partial charge on any atom is 0.322 e. The van der Waals surface area contributed by atoms with Gasteiger partial charge in [-0.3, -0.25) is 14.7 Å². The van der Waals surface area contributed by atoms with Gasteiger partial charge in [-0.2, -0.15) is 0 Å². The average molecular weight is 304 g/mol. The lowest BCUT2D eigenvalue weighted by Gasteiger charge is -2.32. The molecule has 1 aliphatic rings. The molecule has 2 N–H and O–H groups in total. The molecule has 1 fully saturated rings. The fourth-order valence-corrected chi connectivity index (χ4v) is 3.16. The van der Waals surface area contributed by atoms with Crippen molar-refractivity contribution in [2.75, 3.05) is 19.6 Å². The molecule has 1 aliphatic heterocycles. The minimum Gasteiger partial charge on any atom is -0.480 e. The van der Waals surface area contributed by atoms with Crippen LogP contribution in [0.25, 0.3) is 10.7 Å². The number of thiazole rings is 1. The van der Waals surface area contributed by atoms with Crippen LogP contribution in [0.15, 0.2) is 29.8 Å². The molecule has 7 heteroatoms. The second-order valence-electron chi connectivity index (χ2n) is 4.89. The molecule has 0 amide bonds. The number of aromatic nitrogens is 2. The predicted molar refractivity (Wildman–Crippen MR) is 80.0 cm³/mol. The molecule has 2 aromatic rings.